The van der Waals surface area contributed by atoms with Crippen LogP contribution < -0.4 is 0 Å². The van der Waals surface area contributed by atoms with Gasteiger partial charge >= 0.3 is 5.97 Å². The molecule has 0 aliphatic heterocycles. The van der Waals surface area contributed by atoms with Crippen LogP contribution in [0.15, 0.2) is 24.3 Å². The average Bonchev–Trinajstić information content (AvgIpc) is 2.62. The van der Waals surface area contributed by atoms with Crippen LogP contribution in [0.3, 0.4) is 0 Å². The molecule has 27 heavy (non-hydrogen) atoms. The van der Waals surface area contributed by atoms with Crippen molar-refractivity contribution in [3.8, 4) is 0 Å². The Bertz CT molecular complexity index is 605. The third-order valence-electron chi connectivity index (χ3n) is 5.58. The lowest BCUT2D eigenvalue weighted by Crippen LogP contribution is -2.40. The first kappa shape index (κ1) is 23.6. The maximum atomic E-state index is 11.7. The van der Waals surface area contributed by atoms with Crippen LogP contribution in [0.2, 0.25) is 18.1 Å². The minimum absolute atomic E-state index is 0.168. The fraction of sp³-hybridized carbons (Fsp3) is 0.636. The van der Waals surface area contributed by atoms with Crippen molar-refractivity contribution in [1.82, 2.24) is 0 Å². The lowest BCUT2D eigenvalue weighted by atomic mass is 9.93. The number of carbonyl (C=O) groups is 2. The predicted molar refractivity (Wildman–Crippen MR) is 113 cm³/mol. The lowest BCUT2D eigenvalue weighted by molar-refractivity contribution is -0.109. The maximum Gasteiger partial charge on any atom is 0.337 e. The molecule has 0 fully saturated rings. The van der Waals surface area contributed by atoms with E-state index < -0.39 is 8.32 Å². The van der Waals surface area contributed by atoms with Gasteiger partial charge in [-0.25, -0.2) is 4.79 Å². The van der Waals surface area contributed by atoms with E-state index in [4.69, 9.17) is 9.16 Å². The predicted octanol–water partition coefficient (Wildman–Crippen LogP) is 5.73. The number of esters is 1. The summed E-state index contributed by atoms with van der Waals surface area (Å²) in [5.41, 5.74) is 1.37. The van der Waals surface area contributed by atoms with E-state index in [9.17, 15) is 9.59 Å². The summed E-state index contributed by atoms with van der Waals surface area (Å²) in [6.07, 6.45) is 6.04. The molecule has 0 heterocycles. The van der Waals surface area contributed by atoms with Gasteiger partial charge in [-0.3, -0.25) is 0 Å². The Hall–Kier alpha value is -1.46. The van der Waals surface area contributed by atoms with Crippen LogP contribution in [0, 0.1) is 0 Å². The number of ether oxygens (including phenoxy) is 1. The summed E-state index contributed by atoms with van der Waals surface area (Å²) in [5, 5.41) is 0.253. The number of benzene rings is 1. The molecule has 0 amide bonds. The van der Waals surface area contributed by atoms with E-state index in [1.807, 2.05) is 6.07 Å². The highest BCUT2D eigenvalue weighted by atomic mass is 28.4. The van der Waals surface area contributed by atoms with Crippen molar-refractivity contribution in [3.63, 3.8) is 0 Å². The Balaban J connectivity index is 2.36. The fourth-order valence-electron chi connectivity index (χ4n) is 2.69. The molecule has 0 spiro atoms. The maximum absolute atomic E-state index is 11.7. The molecule has 152 valence electrons. The Morgan fingerprint density at radius 2 is 1.81 bits per heavy atom. The van der Waals surface area contributed by atoms with Gasteiger partial charge in [-0.05, 0) is 48.7 Å². The van der Waals surface area contributed by atoms with Gasteiger partial charge in [0.05, 0.1) is 12.7 Å². The Morgan fingerprint density at radius 1 is 1.15 bits per heavy atom. The van der Waals surface area contributed by atoms with Gasteiger partial charge in [0.1, 0.15) is 6.29 Å². The first-order valence-electron chi connectivity index (χ1n) is 9.90. The molecule has 1 aromatic rings. The molecule has 0 saturated heterocycles. The van der Waals surface area contributed by atoms with E-state index >= 15 is 0 Å². The normalized spacial score (nSPS) is 13.3. The van der Waals surface area contributed by atoms with E-state index in [1.165, 1.54) is 7.11 Å². The standard InChI is InChI=1S/C22H36O4Si/c1-22(2,3)27(5,6)26-15-10-8-7-9-12-20(17-23)18-13-11-14-19(16-18)21(24)25-4/h11,13-14,16-17,20H,7-10,12,15H2,1-6H3. The van der Waals surface area contributed by atoms with Crippen molar-refractivity contribution in [2.24, 2.45) is 0 Å². The molecule has 0 radical (unpaired) electrons. The van der Waals surface area contributed by atoms with Crippen LogP contribution in [-0.4, -0.2) is 34.3 Å². The Labute approximate surface area is 165 Å². The molecule has 0 saturated carbocycles. The zero-order chi connectivity index (χ0) is 20.5. The quantitative estimate of drug-likeness (QED) is 0.209. The molecule has 1 atom stereocenters. The van der Waals surface area contributed by atoms with E-state index in [0.29, 0.717) is 5.56 Å². The van der Waals surface area contributed by atoms with Gasteiger partial charge in [0.2, 0.25) is 0 Å². The lowest BCUT2D eigenvalue weighted by Gasteiger charge is -2.36. The fourth-order valence-corrected chi connectivity index (χ4v) is 3.78. The molecule has 5 heteroatoms. The molecule has 0 aliphatic rings. The van der Waals surface area contributed by atoms with Crippen molar-refractivity contribution in [3.05, 3.63) is 35.4 Å². The molecular weight excluding hydrogens is 356 g/mol. The van der Waals surface area contributed by atoms with Crippen LogP contribution in [0.25, 0.3) is 0 Å². The zero-order valence-corrected chi connectivity index (χ0v) is 18.8. The van der Waals surface area contributed by atoms with Crippen LogP contribution >= 0.6 is 0 Å². The van der Waals surface area contributed by atoms with Crippen molar-refractivity contribution in [2.45, 2.75) is 76.9 Å². The summed E-state index contributed by atoms with van der Waals surface area (Å²) < 4.78 is 10.9. The van der Waals surface area contributed by atoms with Gasteiger partial charge in [0, 0.05) is 12.5 Å². The third kappa shape index (κ3) is 7.58. The van der Waals surface area contributed by atoms with Crippen molar-refractivity contribution < 1.29 is 18.8 Å². The third-order valence-corrected chi connectivity index (χ3v) is 10.1. The highest BCUT2D eigenvalue weighted by Gasteiger charge is 2.36. The van der Waals surface area contributed by atoms with Crippen LogP contribution in [0.4, 0.5) is 0 Å². The van der Waals surface area contributed by atoms with E-state index in [2.05, 4.69) is 33.9 Å². The van der Waals surface area contributed by atoms with Gasteiger partial charge in [0.15, 0.2) is 8.32 Å². The van der Waals surface area contributed by atoms with Gasteiger partial charge in [0.25, 0.3) is 0 Å². The molecule has 0 N–H and O–H groups in total. The average molecular weight is 393 g/mol. The van der Waals surface area contributed by atoms with E-state index in [0.717, 1.165) is 50.6 Å². The number of hydrogen-bond acceptors (Lipinski definition) is 4. The largest absolute Gasteiger partial charge is 0.465 e. The van der Waals surface area contributed by atoms with Crippen LogP contribution in [0.1, 0.15) is 74.7 Å². The Morgan fingerprint density at radius 3 is 2.41 bits per heavy atom. The molecule has 0 bridgehead atoms. The highest BCUT2D eigenvalue weighted by Crippen LogP contribution is 2.36. The van der Waals surface area contributed by atoms with Crippen molar-refractivity contribution in [1.29, 1.82) is 0 Å². The first-order valence-corrected chi connectivity index (χ1v) is 12.8. The summed E-state index contributed by atoms with van der Waals surface area (Å²) in [5.74, 6) is -0.540. The summed E-state index contributed by atoms with van der Waals surface area (Å²) in [7, 11) is -0.281. The van der Waals surface area contributed by atoms with Crippen molar-refractivity contribution in [2.75, 3.05) is 13.7 Å². The number of rotatable bonds is 11. The van der Waals surface area contributed by atoms with Gasteiger partial charge in [-0.2, -0.15) is 0 Å². The second-order valence-corrected chi connectivity index (χ2v) is 13.5. The molecule has 1 aromatic carbocycles. The van der Waals surface area contributed by atoms with Gasteiger partial charge in [-0.15, -0.1) is 0 Å². The second-order valence-electron chi connectivity index (χ2n) is 8.67. The van der Waals surface area contributed by atoms with E-state index in [1.54, 1.807) is 18.2 Å². The molecule has 1 unspecified atom stereocenters. The summed E-state index contributed by atoms with van der Waals surface area (Å²) in [4.78, 5) is 23.1. The molecule has 4 nitrogen and oxygen atoms in total. The minimum Gasteiger partial charge on any atom is -0.465 e. The smallest absolute Gasteiger partial charge is 0.337 e. The van der Waals surface area contributed by atoms with Crippen molar-refractivity contribution >= 4 is 20.6 Å². The number of carbonyl (C=O) groups excluding carboxylic acids is 2. The minimum atomic E-state index is -1.64. The second kappa shape index (κ2) is 10.8. The van der Waals surface area contributed by atoms with Crippen LogP contribution in [-0.2, 0) is 14.0 Å². The summed E-state index contributed by atoms with van der Waals surface area (Å²) >= 11 is 0. The Kier molecular flexibility index (Phi) is 9.40. The molecule has 0 aromatic heterocycles. The van der Waals surface area contributed by atoms with E-state index in [-0.39, 0.29) is 16.9 Å². The first-order chi connectivity index (χ1) is 12.6. The molecular formula is C22H36O4Si. The van der Waals surface area contributed by atoms with Gasteiger partial charge < -0.3 is 14.0 Å². The molecule has 1 rings (SSSR count). The monoisotopic (exact) mass is 392 g/mol. The topological polar surface area (TPSA) is 52.6 Å². The highest BCUT2D eigenvalue weighted by molar-refractivity contribution is 6.74. The van der Waals surface area contributed by atoms with Gasteiger partial charge in [-0.1, -0.05) is 52.2 Å². The van der Waals surface area contributed by atoms with Crippen LogP contribution in [0.5, 0.6) is 0 Å². The summed E-state index contributed by atoms with van der Waals surface area (Å²) in [6, 6.07) is 7.17. The number of methoxy groups -OCH3 is 1. The number of aldehydes is 1. The summed E-state index contributed by atoms with van der Waals surface area (Å²) in [6.45, 7) is 12.2. The number of hydrogen-bond donors (Lipinski definition) is 0. The SMILES string of the molecule is COC(=O)c1cccc(C(C=O)CCCCCCO[Si](C)(C)C(C)(C)C)c1. The molecule has 0 aliphatic carbocycles. The number of unbranched alkanes of at least 4 members (excludes halogenated alkanes) is 3. The zero-order valence-electron chi connectivity index (χ0n) is 17.8.